The maximum atomic E-state index is 9.80. The molecule has 0 spiro atoms. The maximum Gasteiger partial charge on any atom is 0.188 e. The van der Waals surface area contributed by atoms with Gasteiger partial charge in [-0.1, -0.05) is 12.1 Å². The maximum absolute atomic E-state index is 9.80. The van der Waals surface area contributed by atoms with Gasteiger partial charge in [0.15, 0.2) is 6.79 Å². The van der Waals surface area contributed by atoms with Crippen molar-refractivity contribution in [2.24, 2.45) is 0 Å². The molecule has 6 heteroatoms. The summed E-state index contributed by atoms with van der Waals surface area (Å²) in [5, 5.41) is 9.80. The minimum atomic E-state index is -0.0535. The van der Waals surface area contributed by atoms with Crippen LogP contribution in [0.1, 0.15) is 18.0 Å². The average molecular weight is 311 g/mol. The molecule has 0 saturated carbocycles. The normalized spacial score (nSPS) is 20.2. The van der Waals surface area contributed by atoms with Crippen LogP contribution in [0, 0.1) is 0 Å². The molecule has 1 N–H and O–H groups in total. The molecular weight excluding hydrogens is 286 g/mol. The van der Waals surface area contributed by atoms with Gasteiger partial charge in [0, 0.05) is 27.3 Å². The van der Waals surface area contributed by atoms with Crippen LogP contribution in [0.5, 0.6) is 5.75 Å². The summed E-state index contributed by atoms with van der Waals surface area (Å²) in [4.78, 5) is 2.23. The van der Waals surface area contributed by atoms with E-state index in [1.54, 1.807) is 14.2 Å². The summed E-state index contributed by atoms with van der Waals surface area (Å²) in [7, 11) is 3.21. The van der Waals surface area contributed by atoms with Crippen LogP contribution in [0.2, 0.25) is 0 Å². The number of rotatable bonds is 9. The molecule has 1 aliphatic rings. The van der Waals surface area contributed by atoms with Crippen molar-refractivity contribution in [3.63, 3.8) is 0 Å². The summed E-state index contributed by atoms with van der Waals surface area (Å²) in [6.07, 6.45) is 1.10. The van der Waals surface area contributed by atoms with Gasteiger partial charge >= 0.3 is 0 Å². The Morgan fingerprint density at radius 3 is 2.82 bits per heavy atom. The van der Waals surface area contributed by atoms with Gasteiger partial charge in [-0.15, -0.1) is 0 Å². The molecule has 1 aromatic rings. The van der Waals surface area contributed by atoms with Crippen molar-refractivity contribution in [3.05, 3.63) is 29.8 Å². The number of ether oxygens (including phenoxy) is 4. The van der Waals surface area contributed by atoms with E-state index in [0.29, 0.717) is 6.79 Å². The average Bonchev–Trinajstić information content (AvgIpc) is 3.01. The summed E-state index contributed by atoms with van der Waals surface area (Å²) in [5.74, 6) is 0.740. The molecule has 0 aliphatic carbocycles. The first kappa shape index (κ1) is 17.2. The minimum absolute atomic E-state index is 0.0535. The first-order chi connectivity index (χ1) is 10.8. The summed E-state index contributed by atoms with van der Waals surface area (Å²) < 4.78 is 20.9. The number of methoxy groups -OCH3 is 2. The smallest absolute Gasteiger partial charge is 0.188 e. The van der Waals surface area contributed by atoms with E-state index in [9.17, 15) is 5.11 Å². The van der Waals surface area contributed by atoms with Crippen LogP contribution in [0.4, 0.5) is 0 Å². The fourth-order valence-electron chi connectivity index (χ4n) is 2.71. The van der Waals surface area contributed by atoms with E-state index < -0.39 is 0 Å². The highest BCUT2D eigenvalue weighted by molar-refractivity contribution is 5.30. The summed E-state index contributed by atoms with van der Waals surface area (Å²) in [5.41, 5.74) is 1.03. The number of aliphatic hydroxyl groups excluding tert-OH is 1. The predicted molar refractivity (Wildman–Crippen MR) is 81.7 cm³/mol. The van der Waals surface area contributed by atoms with Crippen LogP contribution in [0.3, 0.4) is 0 Å². The predicted octanol–water partition coefficient (Wildman–Crippen LogP) is 1.40. The number of aliphatic hydroxyl groups is 1. The molecular formula is C16H25NO5. The summed E-state index contributed by atoms with van der Waals surface area (Å²) >= 11 is 0. The molecule has 1 aromatic carbocycles. The van der Waals surface area contributed by atoms with Gasteiger partial charge in [0.25, 0.3) is 0 Å². The second kappa shape index (κ2) is 9.07. The fraction of sp³-hybridized carbons (Fsp3) is 0.625. The molecule has 0 amide bonds. The van der Waals surface area contributed by atoms with Crippen molar-refractivity contribution in [2.75, 3.05) is 47.5 Å². The zero-order valence-electron chi connectivity index (χ0n) is 13.2. The number of hydrogen-bond acceptors (Lipinski definition) is 6. The molecule has 1 fully saturated rings. The number of benzene rings is 1. The molecule has 2 atom stereocenters. The third kappa shape index (κ3) is 4.66. The van der Waals surface area contributed by atoms with Crippen LogP contribution in [0.25, 0.3) is 0 Å². The van der Waals surface area contributed by atoms with E-state index in [4.69, 9.17) is 18.9 Å². The highest BCUT2D eigenvalue weighted by Crippen LogP contribution is 2.28. The topological polar surface area (TPSA) is 60.4 Å². The molecule has 124 valence electrons. The summed E-state index contributed by atoms with van der Waals surface area (Å²) in [6, 6.07) is 7.71. The lowest BCUT2D eigenvalue weighted by Crippen LogP contribution is -2.30. The standard InChI is InChI=1S/C16H25NO5/c1-19-11-21-14-5-3-4-13(8-14)16(10-18)17-7-6-15(9-17)22-12-20-2/h3-5,8,15-16,18H,6-7,9-12H2,1-2H3/t15-,16+/m0/s1. The zero-order chi connectivity index (χ0) is 15.8. The van der Waals surface area contributed by atoms with Crippen LogP contribution in [0.15, 0.2) is 24.3 Å². The lowest BCUT2D eigenvalue weighted by molar-refractivity contribution is -0.0684. The van der Waals surface area contributed by atoms with Crippen molar-refractivity contribution < 1.29 is 24.1 Å². The Kier molecular flexibility index (Phi) is 7.08. The Labute approximate surface area is 131 Å². The highest BCUT2D eigenvalue weighted by Gasteiger charge is 2.29. The monoisotopic (exact) mass is 311 g/mol. The van der Waals surface area contributed by atoms with Crippen molar-refractivity contribution in [3.8, 4) is 5.75 Å². The molecule has 0 radical (unpaired) electrons. The van der Waals surface area contributed by atoms with Gasteiger partial charge in [-0.3, -0.25) is 4.90 Å². The Bertz CT molecular complexity index is 442. The first-order valence-corrected chi connectivity index (χ1v) is 7.45. The molecule has 1 heterocycles. The van der Waals surface area contributed by atoms with Gasteiger partial charge in [-0.2, -0.15) is 0 Å². The molecule has 1 saturated heterocycles. The Morgan fingerprint density at radius 1 is 1.27 bits per heavy atom. The van der Waals surface area contributed by atoms with Gasteiger partial charge in [0.05, 0.1) is 18.8 Å². The van der Waals surface area contributed by atoms with E-state index >= 15 is 0 Å². The largest absolute Gasteiger partial charge is 0.468 e. The Balaban J connectivity index is 1.99. The van der Waals surface area contributed by atoms with Crippen molar-refractivity contribution in [1.82, 2.24) is 4.90 Å². The molecule has 0 bridgehead atoms. The molecule has 6 nitrogen and oxygen atoms in total. The van der Waals surface area contributed by atoms with E-state index in [1.807, 2.05) is 24.3 Å². The second-order valence-corrected chi connectivity index (χ2v) is 5.30. The lowest BCUT2D eigenvalue weighted by Gasteiger charge is -2.26. The number of nitrogens with zero attached hydrogens (tertiary/aromatic N) is 1. The van der Waals surface area contributed by atoms with Crippen molar-refractivity contribution in [1.29, 1.82) is 0 Å². The SMILES string of the molecule is COCOc1cccc([C@@H](CO)N2CC[C@H](OCOC)C2)c1. The van der Waals surface area contributed by atoms with E-state index in [-0.39, 0.29) is 25.5 Å². The zero-order valence-corrected chi connectivity index (χ0v) is 13.2. The van der Waals surface area contributed by atoms with Crippen LogP contribution in [-0.4, -0.2) is 63.6 Å². The van der Waals surface area contributed by atoms with Gasteiger partial charge in [0.2, 0.25) is 0 Å². The highest BCUT2D eigenvalue weighted by atomic mass is 16.7. The number of hydrogen-bond donors (Lipinski definition) is 1. The molecule has 2 rings (SSSR count). The van der Waals surface area contributed by atoms with Crippen LogP contribution in [-0.2, 0) is 14.2 Å². The molecule has 0 aromatic heterocycles. The fourth-order valence-corrected chi connectivity index (χ4v) is 2.71. The lowest BCUT2D eigenvalue weighted by atomic mass is 10.1. The molecule has 1 aliphatic heterocycles. The third-order valence-electron chi connectivity index (χ3n) is 3.80. The minimum Gasteiger partial charge on any atom is -0.468 e. The Hall–Kier alpha value is -1.18. The number of likely N-dealkylation sites (tertiary alicyclic amines) is 1. The van der Waals surface area contributed by atoms with Gasteiger partial charge in [0.1, 0.15) is 12.5 Å². The van der Waals surface area contributed by atoms with Crippen LogP contribution < -0.4 is 4.74 Å². The van der Waals surface area contributed by atoms with E-state index in [2.05, 4.69) is 4.90 Å². The summed E-state index contributed by atoms with van der Waals surface area (Å²) in [6.45, 7) is 2.26. The molecule has 0 unspecified atom stereocenters. The van der Waals surface area contributed by atoms with Gasteiger partial charge in [-0.25, -0.2) is 0 Å². The van der Waals surface area contributed by atoms with Gasteiger partial charge in [-0.05, 0) is 24.1 Å². The quantitative estimate of drug-likeness (QED) is 0.696. The first-order valence-electron chi connectivity index (χ1n) is 7.45. The molecule has 22 heavy (non-hydrogen) atoms. The second-order valence-electron chi connectivity index (χ2n) is 5.30. The van der Waals surface area contributed by atoms with Gasteiger partial charge < -0.3 is 24.1 Å². The van der Waals surface area contributed by atoms with E-state index in [0.717, 1.165) is 30.8 Å². The van der Waals surface area contributed by atoms with E-state index in [1.165, 1.54) is 0 Å². The van der Waals surface area contributed by atoms with Crippen molar-refractivity contribution >= 4 is 0 Å². The van der Waals surface area contributed by atoms with Crippen LogP contribution >= 0.6 is 0 Å². The Morgan fingerprint density at radius 2 is 2.09 bits per heavy atom. The third-order valence-corrected chi connectivity index (χ3v) is 3.80. The van der Waals surface area contributed by atoms with Crippen molar-refractivity contribution in [2.45, 2.75) is 18.6 Å².